The van der Waals surface area contributed by atoms with Gasteiger partial charge in [0.05, 0.1) is 39.5 Å². The molecule has 2 spiro atoms. The van der Waals surface area contributed by atoms with Crippen molar-refractivity contribution in [1.82, 2.24) is 20.4 Å². The highest BCUT2D eigenvalue weighted by Crippen LogP contribution is 2.55. The number of ether oxygens (including phenoxy) is 4. The Morgan fingerprint density at radius 1 is 0.562 bits per heavy atom. The number of amides is 6. The number of likely N-dealkylation sites (tertiary alicyclic amines) is 2. The van der Waals surface area contributed by atoms with Crippen LogP contribution < -0.4 is 21.3 Å². The molecular weight excluding hydrogens is 937 g/mol. The van der Waals surface area contributed by atoms with Gasteiger partial charge in [0, 0.05) is 29.6 Å². The number of carboxylic acid groups (broad SMARTS) is 2. The zero-order valence-corrected chi connectivity index (χ0v) is 41.2. The third kappa shape index (κ3) is 10.5. The smallest absolute Gasteiger partial charge is 0.405 e. The molecular formula is C55H64N6O12. The minimum absolute atomic E-state index is 0.0443. The maximum atomic E-state index is 14.6. The zero-order chi connectivity index (χ0) is 51.3. The monoisotopic (exact) mass is 1000 g/mol. The van der Waals surface area contributed by atoms with Crippen LogP contribution in [-0.4, -0.2) is 119 Å². The second-order valence-corrected chi connectivity index (χ2v) is 19.7. The molecule has 0 saturated carbocycles. The molecule has 4 aromatic carbocycles. The highest BCUT2D eigenvalue weighted by atomic mass is 16.7. The fraction of sp³-hybridized carbons (Fsp3) is 0.455. The molecule has 2 unspecified atom stereocenters. The summed E-state index contributed by atoms with van der Waals surface area (Å²) >= 11 is 0. The van der Waals surface area contributed by atoms with E-state index in [9.17, 15) is 39.0 Å². The van der Waals surface area contributed by atoms with Crippen molar-refractivity contribution in [2.24, 2.45) is 0 Å². The number of hydrogen-bond acceptors (Lipinski definition) is 10. The lowest BCUT2D eigenvalue weighted by atomic mass is 9.70. The van der Waals surface area contributed by atoms with E-state index < -0.39 is 77.0 Å². The maximum absolute atomic E-state index is 14.6. The van der Waals surface area contributed by atoms with Crippen molar-refractivity contribution in [2.75, 3.05) is 50.2 Å². The molecule has 9 rings (SSSR count). The second kappa shape index (κ2) is 21.7. The number of hydrogen-bond donors (Lipinski definition) is 6. The van der Waals surface area contributed by atoms with E-state index in [1.807, 2.05) is 36.4 Å². The van der Waals surface area contributed by atoms with E-state index in [-0.39, 0.29) is 52.4 Å². The minimum Gasteiger partial charge on any atom is -0.465 e. The van der Waals surface area contributed by atoms with Crippen LogP contribution in [-0.2, 0) is 43.5 Å². The SMILES string of the molecule is CCCCCC1(CCCCC)c2cc(NC(=O)[C@@H]3CC4(CN3C(=O)C(NC(=O)O)c3ccccc3)OCCO4)ccc2-c2ccc(NC(=O)[C@@H]3CC4(CN3C(=O)C(NC(=O)O)c3ccccc3)OCCO4)cc21. The fourth-order valence-electron chi connectivity index (χ4n) is 11.6. The molecule has 0 aromatic heterocycles. The molecule has 0 radical (unpaired) electrons. The van der Waals surface area contributed by atoms with Crippen molar-refractivity contribution in [3.8, 4) is 11.1 Å². The van der Waals surface area contributed by atoms with Gasteiger partial charge in [-0.3, -0.25) is 19.2 Å². The van der Waals surface area contributed by atoms with E-state index in [4.69, 9.17) is 18.9 Å². The summed E-state index contributed by atoms with van der Waals surface area (Å²) in [6.07, 6.45) is 4.69. The molecule has 18 heteroatoms. The van der Waals surface area contributed by atoms with Gasteiger partial charge in [0.2, 0.25) is 11.8 Å². The molecule has 1 aliphatic carbocycles. The Morgan fingerprint density at radius 3 is 1.30 bits per heavy atom. The first kappa shape index (κ1) is 51.1. The molecule has 4 saturated heterocycles. The van der Waals surface area contributed by atoms with Crippen LogP contribution in [0, 0.1) is 0 Å². The predicted molar refractivity (Wildman–Crippen MR) is 268 cm³/mol. The quantitative estimate of drug-likeness (QED) is 0.0527. The van der Waals surface area contributed by atoms with Crippen LogP contribution in [0.5, 0.6) is 0 Å². The van der Waals surface area contributed by atoms with Gasteiger partial charge >= 0.3 is 12.2 Å². The number of unbranched alkanes of at least 4 members (excludes halogenated alkanes) is 4. The van der Waals surface area contributed by atoms with Crippen LogP contribution in [0.4, 0.5) is 21.0 Å². The number of fused-ring (bicyclic) bond motifs is 3. The molecule has 4 heterocycles. The molecule has 6 N–H and O–H groups in total. The summed E-state index contributed by atoms with van der Waals surface area (Å²) < 4.78 is 24.1. The molecule has 4 atom stereocenters. The number of anilines is 2. The lowest BCUT2D eigenvalue weighted by Gasteiger charge is -2.33. The third-order valence-corrected chi connectivity index (χ3v) is 15.0. The van der Waals surface area contributed by atoms with Gasteiger partial charge in [0.1, 0.15) is 24.2 Å². The molecule has 386 valence electrons. The Labute approximate surface area is 424 Å². The molecule has 4 aliphatic heterocycles. The van der Waals surface area contributed by atoms with Crippen molar-refractivity contribution < 1.29 is 57.9 Å². The fourth-order valence-corrected chi connectivity index (χ4v) is 11.6. The number of nitrogens with zero attached hydrogens (tertiary/aromatic N) is 2. The summed E-state index contributed by atoms with van der Waals surface area (Å²) in [6.45, 7) is 5.31. The van der Waals surface area contributed by atoms with Crippen molar-refractivity contribution in [1.29, 1.82) is 0 Å². The van der Waals surface area contributed by atoms with Gasteiger partial charge < -0.3 is 60.2 Å². The van der Waals surface area contributed by atoms with E-state index in [2.05, 4.69) is 35.1 Å². The summed E-state index contributed by atoms with van der Waals surface area (Å²) in [4.78, 5) is 84.9. The summed E-state index contributed by atoms with van der Waals surface area (Å²) in [5.41, 5.74) is 5.43. The van der Waals surface area contributed by atoms with Crippen LogP contribution in [0.15, 0.2) is 97.1 Å². The average Bonchev–Trinajstić information content (AvgIpc) is 4.25. The number of carbonyl (C=O) groups is 6. The van der Waals surface area contributed by atoms with E-state index >= 15 is 0 Å². The lowest BCUT2D eigenvalue weighted by molar-refractivity contribution is -0.153. The second-order valence-electron chi connectivity index (χ2n) is 19.7. The molecule has 4 fully saturated rings. The molecule has 0 bridgehead atoms. The number of benzene rings is 4. The molecule has 18 nitrogen and oxygen atoms in total. The number of rotatable bonds is 18. The van der Waals surface area contributed by atoms with E-state index in [1.54, 1.807) is 60.7 Å². The van der Waals surface area contributed by atoms with E-state index in [0.29, 0.717) is 22.5 Å². The summed E-state index contributed by atoms with van der Waals surface area (Å²) in [7, 11) is 0. The van der Waals surface area contributed by atoms with Gasteiger partial charge in [-0.1, -0.05) is 125 Å². The van der Waals surface area contributed by atoms with Crippen molar-refractivity contribution in [2.45, 2.75) is 119 Å². The van der Waals surface area contributed by atoms with Gasteiger partial charge in [-0.15, -0.1) is 0 Å². The van der Waals surface area contributed by atoms with E-state index in [0.717, 1.165) is 73.6 Å². The maximum Gasteiger partial charge on any atom is 0.405 e. The van der Waals surface area contributed by atoms with Crippen LogP contribution in [0.1, 0.15) is 112 Å². The molecule has 5 aliphatic rings. The Bertz CT molecular complexity index is 2510. The third-order valence-electron chi connectivity index (χ3n) is 15.0. The number of carbonyl (C=O) groups excluding carboxylic acids is 4. The summed E-state index contributed by atoms with van der Waals surface area (Å²) in [6, 6.07) is 24.1. The minimum atomic E-state index is -1.39. The standard InChI is InChI=1S/C55H64N6O12/c1-3-5-13-23-53(24-14-6-4-2)41-29-37(56-47(62)43-31-54(70-25-26-71-54)33-60(43)49(64)45(58-51(66)67)35-15-9-7-10-16-35)19-21-39(41)40-22-20-38(30-42(40)53)57-48(63)44-32-55(72-27-28-73-55)34-61(44)50(65)46(59-52(68)69)36-17-11-8-12-18-36/h7-12,15-22,29-30,43-46,58-59H,3-6,13-14,23-28,31-34H2,1-2H3,(H,56,62)(H,57,63)(H,66,67)(H,68,69)/t43-,44-,45?,46?/m0/s1. The van der Waals surface area contributed by atoms with E-state index in [1.165, 1.54) is 9.80 Å². The topological polar surface area (TPSA) is 234 Å². The first-order chi connectivity index (χ1) is 35.3. The largest absolute Gasteiger partial charge is 0.465 e. The Balaban J connectivity index is 1.02. The molecule has 6 amide bonds. The van der Waals surface area contributed by atoms with Crippen molar-refractivity contribution in [3.05, 3.63) is 119 Å². The molecule has 73 heavy (non-hydrogen) atoms. The van der Waals surface area contributed by atoms with Gasteiger partial charge in [-0.2, -0.15) is 0 Å². The zero-order valence-electron chi connectivity index (χ0n) is 41.2. The average molecular weight is 1000 g/mol. The molecule has 4 aromatic rings. The van der Waals surface area contributed by atoms with Gasteiger partial charge in [-0.25, -0.2) is 9.59 Å². The summed E-state index contributed by atoms with van der Waals surface area (Å²) in [5, 5.41) is 30.6. The summed E-state index contributed by atoms with van der Waals surface area (Å²) in [5.74, 6) is -4.62. The predicted octanol–water partition coefficient (Wildman–Crippen LogP) is 7.70. The first-order valence-electron chi connectivity index (χ1n) is 25.4. The highest BCUT2D eigenvalue weighted by Gasteiger charge is 2.55. The van der Waals surface area contributed by atoms with Crippen molar-refractivity contribution >= 4 is 47.2 Å². The first-order valence-corrected chi connectivity index (χ1v) is 25.4. The Hall–Kier alpha value is -6.86. The van der Waals surface area contributed by atoms with Crippen LogP contribution in [0.2, 0.25) is 0 Å². The number of nitrogens with one attached hydrogen (secondary N) is 4. The van der Waals surface area contributed by atoms with Crippen LogP contribution in [0.3, 0.4) is 0 Å². The highest BCUT2D eigenvalue weighted by molar-refractivity contribution is 6.01. The lowest BCUT2D eigenvalue weighted by Crippen LogP contribution is -2.49. The van der Waals surface area contributed by atoms with Gasteiger partial charge in [0.25, 0.3) is 11.8 Å². The Kier molecular flexibility index (Phi) is 15.2. The Morgan fingerprint density at radius 2 is 0.945 bits per heavy atom. The van der Waals surface area contributed by atoms with Gasteiger partial charge in [-0.05, 0) is 70.5 Å². The normalized spacial score (nSPS) is 20.6. The van der Waals surface area contributed by atoms with Gasteiger partial charge in [0.15, 0.2) is 11.6 Å². The van der Waals surface area contributed by atoms with Crippen molar-refractivity contribution in [3.63, 3.8) is 0 Å². The van der Waals surface area contributed by atoms with Crippen LogP contribution in [0.25, 0.3) is 11.1 Å². The van der Waals surface area contributed by atoms with Crippen LogP contribution >= 0.6 is 0 Å².